The quantitative estimate of drug-likeness (QED) is 0.713. The molecule has 0 saturated carbocycles. The third-order valence-electron chi connectivity index (χ3n) is 2.30. The van der Waals surface area contributed by atoms with Crippen molar-refractivity contribution in [1.82, 2.24) is 9.97 Å². The van der Waals surface area contributed by atoms with E-state index in [1.807, 2.05) is 0 Å². The highest BCUT2D eigenvalue weighted by Gasteiger charge is 2.17. The monoisotopic (exact) mass is 211 g/mol. The molecule has 1 saturated heterocycles. The standard InChI is InChI=1S/C9H13N3O3/c10-7-8(13)11-5-12-9(7)15-6-1-3-14-4-2-6/h5-6H,1-4,10H2,(H,11,12,13). The minimum atomic E-state index is -0.368. The van der Waals surface area contributed by atoms with E-state index in [4.69, 9.17) is 15.2 Å². The Balaban J connectivity index is 2.09. The Labute approximate surface area is 86.4 Å². The first-order chi connectivity index (χ1) is 7.27. The normalized spacial score (nSPS) is 17.6. The Hall–Kier alpha value is -1.56. The predicted molar refractivity (Wildman–Crippen MR) is 53.7 cm³/mol. The van der Waals surface area contributed by atoms with Gasteiger partial charge in [0, 0.05) is 12.8 Å². The highest BCUT2D eigenvalue weighted by atomic mass is 16.5. The molecule has 3 N–H and O–H groups in total. The molecular weight excluding hydrogens is 198 g/mol. The summed E-state index contributed by atoms with van der Waals surface area (Å²) in [5.41, 5.74) is 5.20. The zero-order chi connectivity index (χ0) is 10.7. The van der Waals surface area contributed by atoms with Gasteiger partial charge in [-0.15, -0.1) is 0 Å². The Kier molecular flexibility index (Phi) is 2.86. The number of H-pyrrole nitrogens is 1. The van der Waals surface area contributed by atoms with Crippen LogP contribution in [0, 0.1) is 0 Å². The second-order valence-electron chi connectivity index (χ2n) is 3.38. The summed E-state index contributed by atoms with van der Waals surface area (Å²) in [7, 11) is 0. The molecule has 0 atom stereocenters. The molecule has 0 unspecified atom stereocenters. The highest BCUT2D eigenvalue weighted by molar-refractivity contribution is 5.44. The van der Waals surface area contributed by atoms with E-state index in [1.54, 1.807) is 0 Å². The number of nitrogens with one attached hydrogen (secondary N) is 1. The van der Waals surface area contributed by atoms with Crippen molar-refractivity contribution >= 4 is 5.69 Å². The molecular formula is C9H13N3O3. The maximum atomic E-state index is 11.2. The zero-order valence-corrected chi connectivity index (χ0v) is 8.23. The molecule has 0 aliphatic carbocycles. The minimum absolute atomic E-state index is 0.0315. The summed E-state index contributed by atoms with van der Waals surface area (Å²) in [4.78, 5) is 17.4. The number of aromatic amines is 1. The number of ether oxygens (including phenoxy) is 2. The number of nitrogens with zero attached hydrogens (tertiary/aromatic N) is 1. The molecule has 6 nitrogen and oxygen atoms in total. The maximum absolute atomic E-state index is 11.2. The van der Waals surface area contributed by atoms with E-state index in [2.05, 4.69) is 9.97 Å². The zero-order valence-electron chi connectivity index (χ0n) is 8.23. The van der Waals surface area contributed by atoms with Crippen molar-refractivity contribution in [3.8, 4) is 5.88 Å². The molecule has 2 rings (SSSR count). The van der Waals surface area contributed by atoms with Crippen LogP contribution in [0.15, 0.2) is 11.1 Å². The van der Waals surface area contributed by atoms with Crippen LogP contribution in [-0.4, -0.2) is 29.3 Å². The van der Waals surface area contributed by atoms with Crippen molar-refractivity contribution in [3.63, 3.8) is 0 Å². The largest absolute Gasteiger partial charge is 0.473 e. The van der Waals surface area contributed by atoms with E-state index in [1.165, 1.54) is 6.33 Å². The smallest absolute Gasteiger partial charge is 0.277 e. The van der Waals surface area contributed by atoms with Crippen LogP contribution in [0.25, 0.3) is 0 Å². The molecule has 1 aliphatic rings. The Morgan fingerprint density at radius 3 is 3.00 bits per heavy atom. The molecule has 1 fully saturated rings. The summed E-state index contributed by atoms with van der Waals surface area (Å²) >= 11 is 0. The second kappa shape index (κ2) is 4.31. The molecule has 1 aliphatic heterocycles. The lowest BCUT2D eigenvalue weighted by Crippen LogP contribution is -2.27. The Morgan fingerprint density at radius 2 is 2.27 bits per heavy atom. The van der Waals surface area contributed by atoms with Crippen molar-refractivity contribution in [2.75, 3.05) is 18.9 Å². The molecule has 15 heavy (non-hydrogen) atoms. The molecule has 0 aromatic carbocycles. The molecule has 1 aromatic heterocycles. The van der Waals surface area contributed by atoms with Crippen LogP contribution in [0.3, 0.4) is 0 Å². The van der Waals surface area contributed by atoms with Gasteiger partial charge in [-0.05, 0) is 0 Å². The van der Waals surface area contributed by atoms with Crippen LogP contribution in [0.5, 0.6) is 5.88 Å². The van der Waals surface area contributed by atoms with Crippen molar-refractivity contribution in [1.29, 1.82) is 0 Å². The van der Waals surface area contributed by atoms with Gasteiger partial charge in [0.2, 0.25) is 5.88 Å². The van der Waals surface area contributed by atoms with Gasteiger partial charge in [0.05, 0.1) is 19.5 Å². The maximum Gasteiger partial charge on any atom is 0.277 e. The van der Waals surface area contributed by atoms with Crippen molar-refractivity contribution in [2.45, 2.75) is 18.9 Å². The van der Waals surface area contributed by atoms with Crippen molar-refractivity contribution in [2.24, 2.45) is 0 Å². The molecule has 0 radical (unpaired) electrons. The van der Waals surface area contributed by atoms with Gasteiger partial charge in [-0.3, -0.25) is 4.79 Å². The lowest BCUT2D eigenvalue weighted by Gasteiger charge is -2.22. The number of aromatic nitrogens is 2. The lowest BCUT2D eigenvalue weighted by atomic mass is 10.1. The summed E-state index contributed by atoms with van der Waals surface area (Å²) in [5.74, 6) is 0.214. The van der Waals surface area contributed by atoms with Gasteiger partial charge in [0.25, 0.3) is 5.56 Å². The van der Waals surface area contributed by atoms with E-state index < -0.39 is 0 Å². The van der Waals surface area contributed by atoms with Gasteiger partial charge < -0.3 is 20.2 Å². The van der Waals surface area contributed by atoms with Crippen LogP contribution < -0.4 is 16.0 Å². The summed E-state index contributed by atoms with van der Waals surface area (Å²) in [5, 5.41) is 0. The van der Waals surface area contributed by atoms with Crippen molar-refractivity contribution in [3.05, 3.63) is 16.7 Å². The van der Waals surface area contributed by atoms with E-state index in [0.29, 0.717) is 13.2 Å². The number of hydrogen-bond acceptors (Lipinski definition) is 5. The number of hydrogen-bond donors (Lipinski definition) is 2. The lowest BCUT2D eigenvalue weighted by molar-refractivity contribution is 0.0240. The number of nitrogens with two attached hydrogens (primary N) is 1. The van der Waals surface area contributed by atoms with Crippen LogP contribution in [0.4, 0.5) is 5.69 Å². The van der Waals surface area contributed by atoms with Gasteiger partial charge in [-0.2, -0.15) is 0 Å². The van der Waals surface area contributed by atoms with Gasteiger partial charge in [-0.1, -0.05) is 0 Å². The first-order valence-electron chi connectivity index (χ1n) is 4.85. The van der Waals surface area contributed by atoms with Crippen LogP contribution >= 0.6 is 0 Å². The summed E-state index contributed by atoms with van der Waals surface area (Å²) in [6.07, 6.45) is 2.92. The Bertz CT molecular complexity index is 384. The first kappa shape index (κ1) is 9.97. The average Bonchev–Trinajstić information content (AvgIpc) is 2.26. The molecule has 0 bridgehead atoms. The molecule has 82 valence electrons. The highest BCUT2D eigenvalue weighted by Crippen LogP contribution is 2.18. The minimum Gasteiger partial charge on any atom is -0.473 e. The van der Waals surface area contributed by atoms with Crippen molar-refractivity contribution < 1.29 is 9.47 Å². The van der Waals surface area contributed by atoms with E-state index in [9.17, 15) is 4.79 Å². The summed E-state index contributed by atoms with van der Waals surface area (Å²) in [6, 6.07) is 0. The molecule has 0 amide bonds. The molecule has 1 aromatic rings. The van der Waals surface area contributed by atoms with E-state index >= 15 is 0 Å². The van der Waals surface area contributed by atoms with Gasteiger partial charge in [0.1, 0.15) is 6.10 Å². The number of nitrogen functional groups attached to an aromatic ring is 1. The number of rotatable bonds is 2. The first-order valence-corrected chi connectivity index (χ1v) is 4.85. The Morgan fingerprint density at radius 1 is 1.53 bits per heavy atom. The average molecular weight is 211 g/mol. The summed E-state index contributed by atoms with van der Waals surface area (Å²) in [6.45, 7) is 1.35. The predicted octanol–water partition coefficient (Wildman–Crippen LogP) is -0.0901. The van der Waals surface area contributed by atoms with E-state index in [0.717, 1.165) is 12.8 Å². The fourth-order valence-corrected chi connectivity index (χ4v) is 1.44. The van der Waals surface area contributed by atoms with Gasteiger partial charge in [0.15, 0.2) is 5.69 Å². The molecule has 6 heteroatoms. The summed E-state index contributed by atoms with van der Waals surface area (Å²) < 4.78 is 10.7. The van der Waals surface area contributed by atoms with Gasteiger partial charge in [-0.25, -0.2) is 4.98 Å². The second-order valence-corrected chi connectivity index (χ2v) is 3.38. The van der Waals surface area contributed by atoms with Crippen LogP contribution in [-0.2, 0) is 4.74 Å². The van der Waals surface area contributed by atoms with Crippen LogP contribution in [0.1, 0.15) is 12.8 Å². The fraction of sp³-hybridized carbons (Fsp3) is 0.556. The van der Waals surface area contributed by atoms with E-state index in [-0.39, 0.29) is 23.2 Å². The SMILES string of the molecule is Nc1c(OC2CCOCC2)nc[nH]c1=O. The number of anilines is 1. The third kappa shape index (κ3) is 2.27. The fourth-order valence-electron chi connectivity index (χ4n) is 1.44. The third-order valence-corrected chi connectivity index (χ3v) is 2.30. The molecule has 0 spiro atoms. The topological polar surface area (TPSA) is 90.2 Å². The van der Waals surface area contributed by atoms with Gasteiger partial charge >= 0.3 is 0 Å². The van der Waals surface area contributed by atoms with Crippen LogP contribution in [0.2, 0.25) is 0 Å². The molecule has 2 heterocycles.